The van der Waals surface area contributed by atoms with Crippen molar-refractivity contribution in [3.05, 3.63) is 57.6 Å². The van der Waals surface area contributed by atoms with Crippen LogP contribution in [0.25, 0.3) is 0 Å². The fourth-order valence-electron chi connectivity index (χ4n) is 3.76. The molecule has 1 aliphatic heterocycles. The lowest BCUT2D eigenvalue weighted by atomic mass is 9.79. The maximum Gasteiger partial charge on any atom is 0.277 e. The highest BCUT2D eigenvalue weighted by atomic mass is 79.9. The third-order valence-electron chi connectivity index (χ3n) is 5.60. The first-order valence-corrected chi connectivity index (χ1v) is 10.6. The lowest BCUT2D eigenvalue weighted by Gasteiger charge is -2.45. The summed E-state index contributed by atoms with van der Waals surface area (Å²) in [6.45, 7) is 8.82. The monoisotopic (exact) mass is 457 g/mol. The van der Waals surface area contributed by atoms with E-state index in [9.17, 15) is 4.79 Å². The molecule has 0 aliphatic carbocycles. The molecule has 0 bridgehead atoms. The summed E-state index contributed by atoms with van der Waals surface area (Å²) in [5.41, 5.74) is 7.41. The molecule has 5 nitrogen and oxygen atoms in total. The molecular formula is C23H28BrN3O2. The third-order valence-corrected chi connectivity index (χ3v) is 6.13. The quantitative estimate of drug-likeness (QED) is 0.507. The minimum Gasteiger partial charge on any atom is -0.484 e. The summed E-state index contributed by atoms with van der Waals surface area (Å²) < 4.78 is 6.42. The van der Waals surface area contributed by atoms with Crippen LogP contribution in [0.3, 0.4) is 0 Å². The van der Waals surface area contributed by atoms with Crippen LogP contribution in [0.1, 0.15) is 49.8 Å². The van der Waals surface area contributed by atoms with Crippen LogP contribution in [0.2, 0.25) is 0 Å². The first-order valence-electron chi connectivity index (χ1n) is 9.76. The minimum atomic E-state index is -0.297. The van der Waals surface area contributed by atoms with Crippen LogP contribution >= 0.6 is 15.9 Å². The average Bonchev–Trinajstić information content (AvgIpc) is 2.66. The number of ether oxygens (including phenoxy) is 1. The van der Waals surface area contributed by atoms with Gasteiger partial charge in [0.25, 0.3) is 5.91 Å². The number of hydrogen-bond donors (Lipinski definition) is 1. The lowest BCUT2D eigenvalue weighted by Crippen LogP contribution is -2.45. The molecule has 0 fully saturated rings. The molecule has 2 aromatic carbocycles. The normalized spacial score (nSPS) is 17.9. The van der Waals surface area contributed by atoms with Crippen LogP contribution in [0.15, 0.2) is 46.0 Å². The average molecular weight is 458 g/mol. The van der Waals surface area contributed by atoms with Crippen LogP contribution in [-0.2, 0) is 4.79 Å². The summed E-state index contributed by atoms with van der Waals surface area (Å²) in [5, 5.41) is 4.12. The molecule has 1 aliphatic rings. The number of anilines is 1. The molecule has 2 aromatic rings. The molecule has 1 heterocycles. The number of fused-ring (bicyclic) bond motifs is 1. The molecule has 154 valence electrons. The summed E-state index contributed by atoms with van der Waals surface area (Å²) >= 11 is 3.37. The second-order valence-corrected chi connectivity index (χ2v) is 9.20. The van der Waals surface area contributed by atoms with Gasteiger partial charge in [-0.25, -0.2) is 5.43 Å². The number of rotatable bonds is 5. The molecular weight excluding hydrogens is 430 g/mol. The van der Waals surface area contributed by atoms with Gasteiger partial charge in [-0.15, -0.1) is 0 Å². The minimum absolute atomic E-state index is 0.0843. The van der Waals surface area contributed by atoms with Gasteiger partial charge in [0.05, 0.1) is 6.21 Å². The first-order chi connectivity index (χ1) is 13.7. The van der Waals surface area contributed by atoms with Gasteiger partial charge in [0.15, 0.2) is 6.61 Å². The maximum absolute atomic E-state index is 12.0. The zero-order chi connectivity index (χ0) is 21.2. The zero-order valence-corrected chi connectivity index (χ0v) is 19.2. The van der Waals surface area contributed by atoms with Crippen molar-refractivity contribution in [1.29, 1.82) is 0 Å². The number of amides is 1. The van der Waals surface area contributed by atoms with E-state index in [1.54, 1.807) is 18.3 Å². The Bertz CT molecular complexity index is 922. The molecule has 0 saturated heterocycles. The SMILES string of the molecule is Cc1cc2c(cc1/C=N\NC(=O)COc1ccc(Br)cc1)[C@H](C)CC(C)(C)N2C. The van der Waals surface area contributed by atoms with Crippen molar-refractivity contribution >= 4 is 33.7 Å². The topological polar surface area (TPSA) is 53.9 Å². The Morgan fingerprint density at radius 2 is 2.03 bits per heavy atom. The van der Waals surface area contributed by atoms with E-state index in [4.69, 9.17) is 4.74 Å². The van der Waals surface area contributed by atoms with Crippen LogP contribution in [-0.4, -0.2) is 31.3 Å². The molecule has 29 heavy (non-hydrogen) atoms. The smallest absolute Gasteiger partial charge is 0.277 e. The fourth-order valence-corrected chi connectivity index (χ4v) is 4.02. The van der Waals surface area contributed by atoms with Gasteiger partial charge >= 0.3 is 0 Å². The fraction of sp³-hybridized carbons (Fsp3) is 0.391. The Morgan fingerprint density at radius 3 is 2.72 bits per heavy atom. The van der Waals surface area contributed by atoms with E-state index in [0.29, 0.717) is 11.7 Å². The van der Waals surface area contributed by atoms with Gasteiger partial charge in [-0.3, -0.25) is 4.79 Å². The van der Waals surface area contributed by atoms with Crippen molar-refractivity contribution in [3.63, 3.8) is 0 Å². The van der Waals surface area contributed by atoms with Gasteiger partial charge in [-0.2, -0.15) is 5.10 Å². The van der Waals surface area contributed by atoms with Gasteiger partial charge in [-0.1, -0.05) is 22.9 Å². The molecule has 0 unspecified atom stereocenters. The highest BCUT2D eigenvalue weighted by Gasteiger charge is 2.34. The molecule has 0 aromatic heterocycles. The Kier molecular flexibility index (Phi) is 6.32. The van der Waals surface area contributed by atoms with Crippen molar-refractivity contribution in [1.82, 2.24) is 5.43 Å². The molecule has 0 saturated carbocycles. The summed E-state index contributed by atoms with van der Waals surface area (Å²) in [4.78, 5) is 14.4. The highest BCUT2D eigenvalue weighted by molar-refractivity contribution is 9.10. The van der Waals surface area contributed by atoms with E-state index in [1.165, 1.54) is 11.3 Å². The number of nitrogens with one attached hydrogen (secondary N) is 1. The number of aryl methyl sites for hydroxylation is 1. The van der Waals surface area contributed by atoms with E-state index in [-0.39, 0.29) is 18.1 Å². The van der Waals surface area contributed by atoms with E-state index in [2.05, 4.69) is 78.2 Å². The summed E-state index contributed by atoms with van der Waals surface area (Å²) in [7, 11) is 2.16. The van der Waals surface area contributed by atoms with Gasteiger partial charge in [0, 0.05) is 22.7 Å². The predicted octanol–water partition coefficient (Wildman–Crippen LogP) is 5.01. The van der Waals surface area contributed by atoms with E-state index >= 15 is 0 Å². The Labute approximate surface area is 181 Å². The number of hydrogen-bond acceptors (Lipinski definition) is 4. The summed E-state index contributed by atoms with van der Waals surface area (Å²) in [6.07, 6.45) is 2.81. The molecule has 0 spiro atoms. The van der Waals surface area contributed by atoms with Gasteiger partial charge in [-0.05, 0) is 86.2 Å². The molecule has 3 rings (SSSR count). The molecule has 1 atom stereocenters. The molecule has 0 radical (unpaired) electrons. The second-order valence-electron chi connectivity index (χ2n) is 8.28. The summed E-state index contributed by atoms with van der Waals surface area (Å²) in [6, 6.07) is 11.7. The van der Waals surface area contributed by atoms with Crippen molar-refractivity contribution in [2.24, 2.45) is 5.10 Å². The number of carbonyl (C=O) groups excluding carboxylic acids is 1. The van der Waals surface area contributed by atoms with Crippen molar-refractivity contribution in [2.75, 3.05) is 18.6 Å². The number of carbonyl (C=O) groups is 1. The molecule has 6 heteroatoms. The van der Waals surface area contributed by atoms with Crippen LogP contribution in [0, 0.1) is 6.92 Å². The highest BCUT2D eigenvalue weighted by Crippen LogP contribution is 2.43. The third kappa shape index (κ3) is 4.99. The van der Waals surface area contributed by atoms with Crippen molar-refractivity contribution < 1.29 is 9.53 Å². The van der Waals surface area contributed by atoms with E-state index in [1.807, 2.05) is 12.1 Å². The first kappa shape index (κ1) is 21.4. The van der Waals surface area contributed by atoms with Gasteiger partial charge < -0.3 is 9.64 Å². The van der Waals surface area contributed by atoms with Crippen LogP contribution in [0.4, 0.5) is 5.69 Å². The van der Waals surface area contributed by atoms with Crippen LogP contribution < -0.4 is 15.1 Å². The summed E-state index contributed by atoms with van der Waals surface area (Å²) in [5.74, 6) is 0.811. The van der Waals surface area contributed by atoms with Crippen LogP contribution in [0.5, 0.6) is 5.75 Å². The Balaban J connectivity index is 1.64. The maximum atomic E-state index is 12.0. The second kappa shape index (κ2) is 8.57. The zero-order valence-electron chi connectivity index (χ0n) is 17.6. The predicted molar refractivity (Wildman–Crippen MR) is 122 cm³/mol. The lowest BCUT2D eigenvalue weighted by molar-refractivity contribution is -0.123. The number of nitrogens with zero attached hydrogens (tertiary/aromatic N) is 2. The largest absolute Gasteiger partial charge is 0.484 e. The number of halogens is 1. The van der Waals surface area contributed by atoms with Crippen molar-refractivity contribution in [2.45, 2.75) is 45.6 Å². The Hall–Kier alpha value is -2.34. The van der Waals surface area contributed by atoms with Gasteiger partial charge in [0.1, 0.15) is 5.75 Å². The molecule has 1 N–H and O–H groups in total. The van der Waals surface area contributed by atoms with E-state index < -0.39 is 0 Å². The number of hydrazone groups is 1. The van der Waals surface area contributed by atoms with Gasteiger partial charge in [0.2, 0.25) is 0 Å². The standard InChI is InChI=1S/C23H28BrN3O2/c1-15-10-21-20(16(2)12-23(3,4)27(21)5)11-17(15)13-25-26-22(28)14-29-19-8-6-18(24)7-9-19/h6-11,13,16H,12,14H2,1-5H3,(H,26,28)/b25-13-/t16-/m1/s1. The van der Waals surface area contributed by atoms with E-state index in [0.717, 1.165) is 22.0 Å². The number of benzene rings is 2. The van der Waals surface area contributed by atoms with Crippen molar-refractivity contribution in [3.8, 4) is 5.75 Å². The molecule has 1 amide bonds. The Morgan fingerprint density at radius 1 is 1.34 bits per heavy atom.